The molecule has 2 aromatic heterocycles. The van der Waals surface area contributed by atoms with E-state index in [2.05, 4.69) is 29.9 Å². The van der Waals surface area contributed by atoms with Gasteiger partial charge in [-0.3, -0.25) is 14.5 Å². The number of hydrogen-bond acceptors (Lipinski definition) is 6. The molecule has 3 aromatic rings. The van der Waals surface area contributed by atoms with Crippen LogP contribution in [0.4, 0.5) is 5.69 Å². The molecule has 9 heteroatoms. The van der Waals surface area contributed by atoms with Crippen molar-refractivity contribution in [1.29, 1.82) is 0 Å². The van der Waals surface area contributed by atoms with Crippen LogP contribution in [0.5, 0.6) is 0 Å². The SMILES string of the molecule is Cc1nc(C)c([C@H](OC(C)(C)C)C(=O)O)c(N2CCC(C)(C)CC2)c1-c1ccc2c(c1)CCN(Cn1cccn1)C2=O. The number of aliphatic carboxylic acids is 1. The molecule has 1 atom stereocenters. The summed E-state index contributed by atoms with van der Waals surface area (Å²) >= 11 is 0. The molecule has 9 nitrogen and oxygen atoms in total. The second-order valence-corrected chi connectivity index (χ2v) is 13.4. The maximum Gasteiger partial charge on any atom is 0.337 e. The number of pyridine rings is 1. The molecule has 1 amide bonds. The van der Waals surface area contributed by atoms with Crippen molar-refractivity contribution < 1.29 is 19.4 Å². The van der Waals surface area contributed by atoms with Crippen LogP contribution in [-0.2, 0) is 22.6 Å². The lowest BCUT2D eigenvalue weighted by Gasteiger charge is -2.41. The highest BCUT2D eigenvalue weighted by molar-refractivity contribution is 5.98. The van der Waals surface area contributed by atoms with Gasteiger partial charge in [0.2, 0.25) is 0 Å². The van der Waals surface area contributed by atoms with Crippen LogP contribution in [0.15, 0.2) is 36.7 Å². The molecule has 5 rings (SSSR count). The van der Waals surface area contributed by atoms with Gasteiger partial charge in [0.25, 0.3) is 5.91 Å². The van der Waals surface area contributed by atoms with E-state index in [1.807, 2.05) is 63.9 Å². The van der Waals surface area contributed by atoms with Crippen molar-refractivity contribution in [3.8, 4) is 11.1 Å². The highest BCUT2D eigenvalue weighted by Gasteiger charge is 2.37. The van der Waals surface area contributed by atoms with E-state index in [-0.39, 0.29) is 11.3 Å². The molecule has 4 heterocycles. The molecule has 2 aliphatic heterocycles. The van der Waals surface area contributed by atoms with E-state index >= 15 is 0 Å². The van der Waals surface area contributed by atoms with Crippen molar-refractivity contribution in [1.82, 2.24) is 19.7 Å². The molecule has 2 aliphatic rings. The van der Waals surface area contributed by atoms with Crippen LogP contribution in [0.25, 0.3) is 11.1 Å². The number of hydrogen-bond donors (Lipinski definition) is 1. The average molecular weight is 574 g/mol. The summed E-state index contributed by atoms with van der Waals surface area (Å²) in [5.41, 5.74) is 6.06. The third-order valence-electron chi connectivity index (χ3n) is 8.41. The van der Waals surface area contributed by atoms with Gasteiger partial charge < -0.3 is 19.6 Å². The first-order valence-corrected chi connectivity index (χ1v) is 14.8. The van der Waals surface area contributed by atoms with Gasteiger partial charge in [0.1, 0.15) is 6.67 Å². The fraction of sp³-hybridized carbons (Fsp3) is 0.515. The predicted octanol–water partition coefficient (Wildman–Crippen LogP) is 5.79. The monoisotopic (exact) mass is 573 g/mol. The van der Waals surface area contributed by atoms with E-state index in [0.717, 1.165) is 60.4 Å². The Balaban J connectivity index is 1.62. The van der Waals surface area contributed by atoms with Crippen molar-refractivity contribution in [2.45, 2.75) is 86.1 Å². The zero-order valence-corrected chi connectivity index (χ0v) is 25.9. The maximum atomic E-state index is 13.4. The summed E-state index contributed by atoms with van der Waals surface area (Å²) in [6.45, 7) is 16.7. The van der Waals surface area contributed by atoms with Gasteiger partial charge >= 0.3 is 5.97 Å². The Morgan fingerprint density at radius 1 is 1.12 bits per heavy atom. The summed E-state index contributed by atoms with van der Waals surface area (Å²) in [6.07, 6.45) is 5.11. The van der Waals surface area contributed by atoms with Gasteiger partial charge in [-0.25, -0.2) is 4.79 Å². The van der Waals surface area contributed by atoms with Crippen molar-refractivity contribution in [3.05, 3.63) is 64.7 Å². The number of anilines is 1. The number of aryl methyl sites for hydroxylation is 2. The van der Waals surface area contributed by atoms with Crippen molar-refractivity contribution in [2.75, 3.05) is 24.5 Å². The molecule has 1 fully saturated rings. The number of piperidine rings is 1. The Kier molecular flexibility index (Phi) is 7.91. The van der Waals surface area contributed by atoms with Gasteiger partial charge in [-0.2, -0.15) is 5.10 Å². The Bertz CT molecular complexity index is 1480. The minimum absolute atomic E-state index is 0.0132. The molecule has 0 aliphatic carbocycles. The second-order valence-electron chi connectivity index (χ2n) is 13.4. The van der Waals surface area contributed by atoms with Gasteiger partial charge in [-0.05, 0) is 82.6 Å². The minimum Gasteiger partial charge on any atom is -0.479 e. The van der Waals surface area contributed by atoms with Gasteiger partial charge in [0, 0.05) is 60.1 Å². The van der Waals surface area contributed by atoms with E-state index in [1.165, 1.54) is 0 Å². The van der Waals surface area contributed by atoms with Crippen molar-refractivity contribution >= 4 is 17.6 Å². The van der Waals surface area contributed by atoms with E-state index < -0.39 is 17.7 Å². The summed E-state index contributed by atoms with van der Waals surface area (Å²) in [5, 5.41) is 14.7. The molecule has 1 saturated heterocycles. The summed E-state index contributed by atoms with van der Waals surface area (Å²) in [4.78, 5) is 35.2. The first-order chi connectivity index (χ1) is 19.7. The molecule has 42 heavy (non-hydrogen) atoms. The van der Waals surface area contributed by atoms with Crippen LogP contribution >= 0.6 is 0 Å². The van der Waals surface area contributed by atoms with Gasteiger partial charge in [0.15, 0.2) is 6.10 Å². The topological polar surface area (TPSA) is 101 Å². The Labute approximate surface area is 248 Å². The third kappa shape index (κ3) is 6.07. The zero-order valence-electron chi connectivity index (χ0n) is 25.9. The first-order valence-electron chi connectivity index (χ1n) is 14.8. The average Bonchev–Trinajstić information content (AvgIpc) is 3.41. The lowest BCUT2D eigenvalue weighted by Crippen LogP contribution is -2.39. The van der Waals surface area contributed by atoms with E-state index in [4.69, 9.17) is 9.72 Å². The molecule has 0 radical (unpaired) electrons. The highest BCUT2D eigenvalue weighted by Crippen LogP contribution is 2.45. The Hall–Kier alpha value is -3.72. The number of rotatable bonds is 7. The lowest BCUT2D eigenvalue weighted by molar-refractivity contribution is -0.160. The van der Waals surface area contributed by atoms with E-state index in [9.17, 15) is 14.7 Å². The molecule has 1 N–H and O–H groups in total. The number of benzene rings is 1. The van der Waals surface area contributed by atoms with Crippen molar-refractivity contribution in [3.63, 3.8) is 0 Å². The third-order valence-corrected chi connectivity index (χ3v) is 8.41. The molecule has 224 valence electrons. The van der Waals surface area contributed by atoms with E-state index in [0.29, 0.717) is 30.0 Å². The fourth-order valence-corrected chi connectivity index (χ4v) is 6.14. The molecule has 0 bridgehead atoms. The summed E-state index contributed by atoms with van der Waals surface area (Å²) in [5.74, 6) is -1.04. The molecule has 0 spiro atoms. The van der Waals surface area contributed by atoms with Gasteiger partial charge in [-0.15, -0.1) is 0 Å². The quantitative estimate of drug-likeness (QED) is 0.382. The molecular formula is C33H43N5O4. The number of amides is 1. The summed E-state index contributed by atoms with van der Waals surface area (Å²) in [7, 11) is 0. The molecule has 1 aromatic carbocycles. The first kappa shape index (κ1) is 29.8. The fourth-order valence-electron chi connectivity index (χ4n) is 6.14. The normalized spacial score (nSPS) is 17.7. The second kappa shape index (κ2) is 11.2. The zero-order chi connectivity index (χ0) is 30.4. The van der Waals surface area contributed by atoms with Gasteiger partial charge in [-0.1, -0.05) is 26.0 Å². The number of carboxylic acids is 1. The standard InChI is InChI=1S/C33H43N5O4/c1-21-26(24-9-10-25-23(19-24)11-16-37(30(25)39)20-38-15-8-14-34-38)28(36-17-12-33(6,7)13-18-36)27(22(2)35-21)29(31(40)41)42-32(3,4)5/h8-10,14-15,19,29H,11-13,16-18,20H2,1-7H3,(H,40,41)/t29-/m0/s1. The smallest absolute Gasteiger partial charge is 0.337 e. The van der Waals surface area contributed by atoms with Crippen molar-refractivity contribution in [2.24, 2.45) is 5.41 Å². The maximum absolute atomic E-state index is 13.4. The van der Waals surface area contributed by atoms with Crippen LogP contribution in [0.3, 0.4) is 0 Å². The Morgan fingerprint density at radius 3 is 2.45 bits per heavy atom. The Morgan fingerprint density at radius 2 is 1.83 bits per heavy atom. The number of nitrogens with zero attached hydrogens (tertiary/aromatic N) is 5. The number of fused-ring (bicyclic) bond motifs is 1. The predicted molar refractivity (Wildman–Crippen MR) is 163 cm³/mol. The van der Waals surface area contributed by atoms with Gasteiger partial charge in [0.05, 0.1) is 11.3 Å². The van der Waals surface area contributed by atoms with E-state index in [1.54, 1.807) is 10.9 Å². The van der Waals surface area contributed by atoms with Crippen LogP contribution < -0.4 is 4.90 Å². The van der Waals surface area contributed by atoms with Crippen LogP contribution in [0, 0.1) is 19.3 Å². The lowest BCUT2D eigenvalue weighted by atomic mass is 9.81. The molecule has 0 saturated carbocycles. The molecular weight excluding hydrogens is 530 g/mol. The number of ether oxygens (including phenoxy) is 1. The number of aromatic nitrogens is 3. The van der Waals surface area contributed by atoms with Crippen LogP contribution in [-0.4, -0.2) is 61.9 Å². The number of carbonyl (C=O) groups is 2. The van der Waals surface area contributed by atoms with Crippen LogP contribution in [0.2, 0.25) is 0 Å². The number of carboxylic acid groups (broad SMARTS) is 1. The number of carbonyl (C=O) groups excluding carboxylic acids is 1. The highest BCUT2D eigenvalue weighted by atomic mass is 16.5. The molecule has 0 unspecified atom stereocenters. The largest absolute Gasteiger partial charge is 0.479 e. The summed E-state index contributed by atoms with van der Waals surface area (Å²) < 4.78 is 7.96. The summed E-state index contributed by atoms with van der Waals surface area (Å²) in [6, 6.07) is 7.84. The minimum atomic E-state index is -1.17. The van der Waals surface area contributed by atoms with Crippen LogP contribution in [0.1, 0.15) is 86.4 Å².